The zero-order valence-electron chi connectivity index (χ0n) is 15.9. The maximum atomic E-state index is 12.8. The van der Waals surface area contributed by atoms with Crippen LogP contribution in [0.5, 0.6) is 11.5 Å². The summed E-state index contributed by atoms with van der Waals surface area (Å²) in [6.07, 6.45) is 3.56. The van der Waals surface area contributed by atoms with Gasteiger partial charge in [-0.1, -0.05) is 26.0 Å². The first kappa shape index (κ1) is 17.6. The Balaban J connectivity index is 1.48. The van der Waals surface area contributed by atoms with E-state index in [0.29, 0.717) is 29.5 Å². The van der Waals surface area contributed by atoms with Crippen molar-refractivity contribution in [3.63, 3.8) is 0 Å². The Morgan fingerprint density at radius 3 is 3.00 bits per heavy atom. The van der Waals surface area contributed by atoms with Crippen LogP contribution in [-0.4, -0.2) is 40.4 Å². The van der Waals surface area contributed by atoms with Gasteiger partial charge in [0.15, 0.2) is 11.5 Å². The number of hydrogen-bond donors (Lipinski definition) is 1. The largest absolute Gasteiger partial charge is 0.493 e. The standard InChI is InChI=1S/C20H24N4O3/c1-12(2)19-23-22-17-8-7-15(10-24(17)19)21-20(25)14-9-13-5-4-6-16(26-3)18(13)27-11-14/h4-6,9,12,15H,7-8,10-11H2,1-3H3,(H,21,25)/t15-/m0/s1. The number of carbonyl (C=O) groups is 1. The van der Waals surface area contributed by atoms with Crippen LogP contribution in [0.25, 0.3) is 6.08 Å². The van der Waals surface area contributed by atoms with E-state index in [-0.39, 0.29) is 18.6 Å². The van der Waals surface area contributed by atoms with Gasteiger partial charge in [0.1, 0.15) is 18.3 Å². The van der Waals surface area contributed by atoms with E-state index >= 15 is 0 Å². The number of nitrogens with one attached hydrogen (secondary N) is 1. The van der Waals surface area contributed by atoms with Crippen molar-refractivity contribution in [2.24, 2.45) is 0 Å². The van der Waals surface area contributed by atoms with Crippen LogP contribution in [0.15, 0.2) is 23.8 Å². The van der Waals surface area contributed by atoms with Crippen LogP contribution >= 0.6 is 0 Å². The first-order valence-electron chi connectivity index (χ1n) is 9.30. The molecule has 1 atom stereocenters. The van der Waals surface area contributed by atoms with Gasteiger partial charge >= 0.3 is 0 Å². The topological polar surface area (TPSA) is 78.3 Å². The Bertz CT molecular complexity index is 901. The Hall–Kier alpha value is -2.83. The number of hydrogen-bond acceptors (Lipinski definition) is 5. The molecule has 0 fully saturated rings. The van der Waals surface area contributed by atoms with Gasteiger partial charge in [0.25, 0.3) is 5.91 Å². The molecule has 27 heavy (non-hydrogen) atoms. The number of ether oxygens (including phenoxy) is 2. The van der Waals surface area contributed by atoms with Gasteiger partial charge in [0.2, 0.25) is 0 Å². The van der Waals surface area contributed by atoms with Gasteiger partial charge in [0, 0.05) is 30.5 Å². The lowest BCUT2D eigenvalue weighted by molar-refractivity contribution is -0.118. The second-order valence-corrected chi connectivity index (χ2v) is 7.29. The minimum absolute atomic E-state index is 0.0612. The monoisotopic (exact) mass is 368 g/mol. The average molecular weight is 368 g/mol. The molecule has 7 heteroatoms. The highest BCUT2D eigenvalue weighted by atomic mass is 16.5. The SMILES string of the molecule is COc1cccc2c1OCC(C(=O)N[C@H]1CCc3nnc(C(C)C)n3C1)=C2. The van der Waals surface area contributed by atoms with Gasteiger partial charge in [-0.25, -0.2) is 0 Å². The Labute approximate surface area is 158 Å². The zero-order valence-corrected chi connectivity index (χ0v) is 15.9. The third kappa shape index (κ3) is 3.29. The highest BCUT2D eigenvalue weighted by Crippen LogP contribution is 2.35. The van der Waals surface area contributed by atoms with Crippen molar-refractivity contribution in [2.45, 2.75) is 45.2 Å². The molecular formula is C20H24N4O3. The number of carbonyl (C=O) groups excluding carboxylic acids is 1. The van der Waals surface area contributed by atoms with Crippen molar-refractivity contribution >= 4 is 12.0 Å². The van der Waals surface area contributed by atoms with E-state index in [4.69, 9.17) is 9.47 Å². The summed E-state index contributed by atoms with van der Waals surface area (Å²) in [7, 11) is 1.61. The number of aromatic nitrogens is 3. The van der Waals surface area contributed by atoms with Crippen LogP contribution < -0.4 is 14.8 Å². The molecule has 0 unspecified atom stereocenters. The van der Waals surface area contributed by atoms with E-state index in [1.54, 1.807) is 7.11 Å². The predicted molar refractivity (Wildman–Crippen MR) is 101 cm³/mol. The summed E-state index contributed by atoms with van der Waals surface area (Å²) in [5.41, 5.74) is 1.48. The summed E-state index contributed by atoms with van der Waals surface area (Å²) in [6, 6.07) is 5.72. The fourth-order valence-corrected chi connectivity index (χ4v) is 3.64. The van der Waals surface area contributed by atoms with Gasteiger partial charge < -0.3 is 19.4 Å². The fraction of sp³-hybridized carbons (Fsp3) is 0.450. The van der Waals surface area contributed by atoms with Crippen LogP contribution in [-0.2, 0) is 17.8 Å². The summed E-state index contributed by atoms with van der Waals surface area (Å²) in [5, 5.41) is 11.7. The Kier molecular flexibility index (Phi) is 4.59. The van der Waals surface area contributed by atoms with Crippen LogP contribution in [0, 0.1) is 0 Å². The van der Waals surface area contributed by atoms with E-state index in [9.17, 15) is 4.79 Å². The number of amides is 1. The molecule has 4 rings (SSSR count). The number of para-hydroxylation sites is 1. The minimum Gasteiger partial charge on any atom is -0.493 e. The van der Waals surface area contributed by atoms with Crippen molar-refractivity contribution in [3.8, 4) is 11.5 Å². The Morgan fingerprint density at radius 1 is 1.37 bits per heavy atom. The Morgan fingerprint density at radius 2 is 2.22 bits per heavy atom. The van der Waals surface area contributed by atoms with Crippen LogP contribution in [0.3, 0.4) is 0 Å². The third-order valence-corrected chi connectivity index (χ3v) is 5.05. The minimum atomic E-state index is -0.0870. The van der Waals surface area contributed by atoms with Gasteiger partial charge in [0.05, 0.1) is 12.7 Å². The van der Waals surface area contributed by atoms with Gasteiger partial charge in [-0.15, -0.1) is 10.2 Å². The van der Waals surface area contributed by atoms with Gasteiger partial charge in [-0.2, -0.15) is 0 Å². The number of fused-ring (bicyclic) bond motifs is 2. The van der Waals surface area contributed by atoms with E-state index in [1.807, 2.05) is 24.3 Å². The molecule has 1 aromatic carbocycles. The first-order chi connectivity index (χ1) is 13.1. The van der Waals surface area contributed by atoms with E-state index in [2.05, 4.69) is 33.9 Å². The molecule has 1 N–H and O–H groups in total. The summed E-state index contributed by atoms with van der Waals surface area (Å²) in [6.45, 7) is 5.16. The van der Waals surface area contributed by atoms with Crippen LogP contribution in [0.1, 0.15) is 43.4 Å². The molecule has 1 aromatic heterocycles. The van der Waals surface area contributed by atoms with Crippen LogP contribution in [0.2, 0.25) is 0 Å². The van der Waals surface area contributed by atoms with E-state index < -0.39 is 0 Å². The number of aryl methyl sites for hydroxylation is 1. The summed E-state index contributed by atoms with van der Waals surface area (Å²) in [4.78, 5) is 12.8. The normalized spacial score (nSPS) is 18.2. The van der Waals surface area contributed by atoms with Crippen molar-refractivity contribution in [1.29, 1.82) is 0 Å². The second kappa shape index (κ2) is 7.06. The molecule has 3 heterocycles. The molecular weight excluding hydrogens is 344 g/mol. The number of rotatable bonds is 4. The molecule has 2 aromatic rings. The zero-order chi connectivity index (χ0) is 19.0. The summed E-state index contributed by atoms with van der Waals surface area (Å²) >= 11 is 0. The van der Waals surface area contributed by atoms with Crippen LogP contribution in [0.4, 0.5) is 0 Å². The summed E-state index contributed by atoms with van der Waals surface area (Å²) in [5.74, 6) is 3.56. The van der Waals surface area contributed by atoms with Gasteiger partial charge in [-0.05, 0) is 18.6 Å². The first-order valence-corrected chi connectivity index (χ1v) is 9.30. The lowest BCUT2D eigenvalue weighted by atomic mass is 10.0. The molecule has 0 saturated carbocycles. The van der Waals surface area contributed by atoms with Crippen molar-refractivity contribution < 1.29 is 14.3 Å². The number of nitrogens with zero attached hydrogens (tertiary/aromatic N) is 3. The smallest absolute Gasteiger partial charge is 0.250 e. The van der Waals surface area contributed by atoms with Crippen molar-refractivity contribution in [2.75, 3.05) is 13.7 Å². The molecule has 0 saturated heterocycles. The molecule has 2 aliphatic rings. The van der Waals surface area contributed by atoms with E-state index in [0.717, 1.165) is 30.1 Å². The fourth-order valence-electron chi connectivity index (χ4n) is 3.64. The molecule has 2 aliphatic heterocycles. The predicted octanol–water partition coefficient (Wildman–Crippen LogP) is 2.32. The maximum Gasteiger partial charge on any atom is 0.250 e. The highest BCUT2D eigenvalue weighted by Gasteiger charge is 2.27. The molecule has 7 nitrogen and oxygen atoms in total. The number of methoxy groups -OCH3 is 1. The van der Waals surface area contributed by atoms with Crippen molar-refractivity contribution in [1.82, 2.24) is 20.1 Å². The van der Waals surface area contributed by atoms with E-state index in [1.165, 1.54) is 0 Å². The number of benzene rings is 1. The average Bonchev–Trinajstić information content (AvgIpc) is 3.10. The third-order valence-electron chi connectivity index (χ3n) is 5.05. The molecule has 142 valence electrons. The molecule has 0 radical (unpaired) electrons. The van der Waals surface area contributed by atoms with Crippen molar-refractivity contribution in [3.05, 3.63) is 41.0 Å². The molecule has 1 amide bonds. The lowest BCUT2D eigenvalue weighted by Gasteiger charge is -2.27. The molecule has 0 spiro atoms. The quantitative estimate of drug-likeness (QED) is 0.896. The maximum absolute atomic E-state index is 12.8. The highest BCUT2D eigenvalue weighted by molar-refractivity contribution is 5.99. The van der Waals surface area contributed by atoms with Gasteiger partial charge in [-0.3, -0.25) is 4.79 Å². The lowest BCUT2D eigenvalue weighted by Crippen LogP contribution is -2.42. The molecule has 0 bridgehead atoms. The second-order valence-electron chi connectivity index (χ2n) is 7.29. The summed E-state index contributed by atoms with van der Waals surface area (Å²) < 4.78 is 13.2. The molecule has 0 aliphatic carbocycles.